The summed E-state index contributed by atoms with van der Waals surface area (Å²) in [5.74, 6) is -1.23. The van der Waals surface area contributed by atoms with Gasteiger partial charge in [-0.1, -0.05) is 23.7 Å². The second-order valence-electron chi connectivity index (χ2n) is 5.48. The van der Waals surface area contributed by atoms with Crippen LogP contribution < -0.4 is 10.0 Å². The van der Waals surface area contributed by atoms with E-state index in [-0.39, 0.29) is 10.7 Å². The summed E-state index contributed by atoms with van der Waals surface area (Å²) in [6.45, 7) is -0.922. The van der Waals surface area contributed by atoms with E-state index in [1.54, 1.807) is 42.5 Å². The molecule has 1 aliphatic heterocycles. The molecule has 0 aromatic heterocycles. The number of nitrogens with zero attached hydrogens (tertiary/aromatic N) is 1. The summed E-state index contributed by atoms with van der Waals surface area (Å²) < 4.78 is 31.0. The minimum Gasteiger partial charge on any atom is -0.454 e. The molecule has 0 saturated heterocycles. The quantitative estimate of drug-likeness (QED) is 0.730. The number of amides is 1. The number of rotatable bonds is 5. The van der Waals surface area contributed by atoms with E-state index >= 15 is 0 Å². The third kappa shape index (κ3) is 4.63. The summed E-state index contributed by atoms with van der Waals surface area (Å²) in [7, 11) is -3.67. The largest absolute Gasteiger partial charge is 0.454 e. The summed E-state index contributed by atoms with van der Waals surface area (Å²) in [5, 5.41) is 3.07. The normalized spacial score (nSPS) is 15.7. The number of ether oxygens (including phenoxy) is 1. The number of hydrogen-bond acceptors (Lipinski definition) is 6. The van der Waals surface area contributed by atoms with E-state index in [4.69, 9.17) is 16.3 Å². The zero-order valence-electron chi connectivity index (χ0n) is 13.8. The van der Waals surface area contributed by atoms with Crippen molar-refractivity contribution in [2.75, 3.05) is 18.5 Å². The smallest absolute Gasteiger partial charge is 0.328 e. The van der Waals surface area contributed by atoms with Gasteiger partial charge >= 0.3 is 5.97 Å². The third-order valence-electron chi connectivity index (χ3n) is 3.52. The van der Waals surface area contributed by atoms with E-state index in [2.05, 4.69) is 15.0 Å². The number of fused-ring (bicyclic) bond motifs is 1. The molecule has 10 heteroatoms. The van der Waals surface area contributed by atoms with Crippen molar-refractivity contribution < 1.29 is 22.7 Å². The maximum Gasteiger partial charge on any atom is 0.328 e. The van der Waals surface area contributed by atoms with Crippen molar-refractivity contribution in [1.29, 1.82) is 0 Å². The molecule has 0 saturated carbocycles. The highest BCUT2D eigenvalue weighted by atomic mass is 35.5. The molecular formula is C17H14ClN3O5S. The number of nitrogens with one attached hydrogen (secondary N) is 2. The number of carbonyl (C=O) groups excluding carboxylic acids is 2. The highest BCUT2D eigenvalue weighted by Gasteiger charge is 2.30. The predicted molar refractivity (Wildman–Crippen MR) is 99.2 cm³/mol. The lowest BCUT2D eigenvalue weighted by Crippen LogP contribution is -2.25. The Morgan fingerprint density at radius 1 is 1.11 bits per heavy atom. The van der Waals surface area contributed by atoms with Gasteiger partial charge in [0.1, 0.15) is 12.4 Å². The molecule has 1 aliphatic rings. The fraction of sp³-hybridized carbons (Fsp3) is 0.118. The van der Waals surface area contributed by atoms with E-state index in [1.807, 2.05) is 0 Å². The number of aliphatic imine (C=N–C) groups is 1. The molecular weight excluding hydrogens is 394 g/mol. The minimum absolute atomic E-state index is 0.0631. The van der Waals surface area contributed by atoms with Crippen molar-refractivity contribution in [3.05, 3.63) is 59.1 Å². The van der Waals surface area contributed by atoms with Gasteiger partial charge in [-0.3, -0.25) is 19.3 Å². The Kier molecular flexibility index (Phi) is 5.43. The van der Waals surface area contributed by atoms with Gasteiger partial charge in [0.2, 0.25) is 0 Å². The molecule has 2 aromatic rings. The van der Waals surface area contributed by atoms with Gasteiger partial charge in [-0.05, 0) is 36.4 Å². The zero-order chi connectivity index (χ0) is 19.4. The standard InChI is InChI=1S/C17H14ClN3O5S/c18-11-5-7-12(8-6-11)20-15(22)10-26-16(23)9-19-17-13-3-1-2-4-14(13)27(24,25)21-17/h1-8H,9-10H2,(H,19,21)(H,20,22). The summed E-state index contributed by atoms with van der Waals surface area (Å²) in [6.07, 6.45) is 0. The second-order valence-corrected chi connectivity index (χ2v) is 7.57. The second kappa shape index (κ2) is 7.77. The summed E-state index contributed by atoms with van der Waals surface area (Å²) in [5.41, 5.74) is 0.892. The fourth-order valence-electron chi connectivity index (χ4n) is 2.32. The van der Waals surface area contributed by atoms with Crippen molar-refractivity contribution in [1.82, 2.24) is 4.72 Å². The van der Waals surface area contributed by atoms with Crippen LogP contribution in [0.1, 0.15) is 5.56 Å². The van der Waals surface area contributed by atoms with E-state index in [0.29, 0.717) is 16.3 Å². The van der Waals surface area contributed by atoms with E-state index < -0.39 is 35.1 Å². The van der Waals surface area contributed by atoms with Crippen LogP contribution in [-0.2, 0) is 24.3 Å². The highest BCUT2D eigenvalue weighted by molar-refractivity contribution is 7.90. The molecule has 27 heavy (non-hydrogen) atoms. The first kappa shape index (κ1) is 18.9. The van der Waals surface area contributed by atoms with Crippen LogP contribution in [0, 0.1) is 0 Å². The SMILES string of the molecule is O=C(COC(=O)CN=C1NS(=O)(=O)c2ccccc21)Nc1ccc(Cl)cc1. The van der Waals surface area contributed by atoms with Gasteiger partial charge in [-0.25, -0.2) is 8.42 Å². The first-order chi connectivity index (χ1) is 12.8. The molecule has 0 spiro atoms. The Labute approximate surface area is 160 Å². The van der Waals surface area contributed by atoms with Crippen LogP contribution in [0.4, 0.5) is 5.69 Å². The Morgan fingerprint density at radius 3 is 2.56 bits per heavy atom. The molecule has 140 valence electrons. The minimum atomic E-state index is -3.67. The van der Waals surface area contributed by atoms with Crippen molar-refractivity contribution in [3.63, 3.8) is 0 Å². The van der Waals surface area contributed by atoms with Crippen LogP contribution in [-0.4, -0.2) is 39.3 Å². The molecule has 0 unspecified atom stereocenters. The van der Waals surface area contributed by atoms with Crippen LogP contribution in [0.3, 0.4) is 0 Å². The van der Waals surface area contributed by atoms with Crippen LogP contribution in [0.15, 0.2) is 58.4 Å². The molecule has 2 N–H and O–H groups in total. The van der Waals surface area contributed by atoms with E-state index in [0.717, 1.165) is 0 Å². The maximum absolute atomic E-state index is 11.9. The highest BCUT2D eigenvalue weighted by Crippen LogP contribution is 2.22. The topological polar surface area (TPSA) is 114 Å². The Balaban J connectivity index is 1.54. The molecule has 3 rings (SSSR count). The fourth-order valence-corrected chi connectivity index (χ4v) is 3.69. The molecule has 2 aromatic carbocycles. The van der Waals surface area contributed by atoms with Gasteiger partial charge in [0, 0.05) is 16.3 Å². The van der Waals surface area contributed by atoms with Crippen LogP contribution in [0.25, 0.3) is 0 Å². The van der Waals surface area contributed by atoms with Gasteiger partial charge in [-0.15, -0.1) is 0 Å². The maximum atomic E-state index is 11.9. The van der Waals surface area contributed by atoms with Crippen molar-refractivity contribution in [2.45, 2.75) is 4.90 Å². The van der Waals surface area contributed by atoms with Gasteiger partial charge in [0.05, 0.1) is 4.90 Å². The van der Waals surface area contributed by atoms with Crippen LogP contribution >= 0.6 is 11.6 Å². The predicted octanol–water partition coefficient (Wildman–Crippen LogP) is 1.56. The average molecular weight is 408 g/mol. The zero-order valence-corrected chi connectivity index (χ0v) is 15.4. The first-order valence-corrected chi connectivity index (χ1v) is 9.59. The summed E-state index contributed by atoms with van der Waals surface area (Å²) >= 11 is 5.75. The van der Waals surface area contributed by atoms with Gasteiger partial charge in [0.15, 0.2) is 6.61 Å². The van der Waals surface area contributed by atoms with E-state index in [9.17, 15) is 18.0 Å². The lowest BCUT2D eigenvalue weighted by Gasteiger charge is -2.06. The number of halogens is 1. The molecule has 1 amide bonds. The lowest BCUT2D eigenvalue weighted by molar-refractivity contribution is -0.145. The molecule has 0 radical (unpaired) electrons. The van der Waals surface area contributed by atoms with Crippen LogP contribution in [0.5, 0.6) is 0 Å². The third-order valence-corrected chi connectivity index (χ3v) is 5.17. The van der Waals surface area contributed by atoms with Gasteiger partial charge in [0.25, 0.3) is 15.9 Å². The Hall–Kier alpha value is -2.91. The first-order valence-electron chi connectivity index (χ1n) is 7.73. The number of anilines is 1. The molecule has 0 fully saturated rings. The number of esters is 1. The van der Waals surface area contributed by atoms with Crippen molar-refractivity contribution in [3.8, 4) is 0 Å². The molecule has 0 atom stereocenters. The van der Waals surface area contributed by atoms with Crippen molar-refractivity contribution >= 4 is 45.0 Å². The average Bonchev–Trinajstić information content (AvgIpc) is 2.91. The van der Waals surface area contributed by atoms with Crippen LogP contribution in [0.2, 0.25) is 5.02 Å². The molecule has 0 aliphatic carbocycles. The molecule has 1 heterocycles. The molecule has 8 nitrogen and oxygen atoms in total. The number of carbonyl (C=O) groups is 2. The van der Waals surface area contributed by atoms with Gasteiger partial charge < -0.3 is 10.1 Å². The Bertz CT molecular complexity index is 1020. The number of benzene rings is 2. The number of sulfonamides is 1. The van der Waals surface area contributed by atoms with Gasteiger partial charge in [-0.2, -0.15) is 0 Å². The van der Waals surface area contributed by atoms with Crippen molar-refractivity contribution in [2.24, 2.45) is 4.99 Å². The lowest BCUT2D eigenvalue weighted by atomic mass is 10.2. The molecule has 0 bridgehead atoms. The number of hydrogen-bond donors (Lipinski definition) is 2. The van der Waals surface area contributed by atoms with E-state index in [1.165, 1.54) is 6.07 Å². The summed E-state index contributed by atoms with van der Waals surface area (Å²) in [6, 6.07) is 12.7. The monoisotopic (exact) mass is 407 g/mol. The number of amidine groups is 1. The summed E-state index contributed by atoms with van der Waals surface area (Å²) in [4.78, 5) is 27.6. The Morgan fingerprint density at radius 2 is 1.81 bits per heavy atom.